The zero-order chi connectivity index (χ0) is 16.4. The molecule has 1 aromatic carbocycles. The fourth-order valence-electron chi connectivity index (χ4n) is 2.00. The predicted octanol–water partition coefficient (Wildman–Crippen LogP) is 1.82. The molecule has 0 unspecified atom stereocenters. The molecule has 2 aromatic heterocycles. The van der Waals surface area contributed by atoms with Crippen molar-refractivity contribution in [3.05, 3.63) is 34.9 Å². The second-order valence-electron chi connectivity index (χ2n) is 4.48. The van der Waals surface area contributed by atoms with Crippen molar-refractivity contribution < 1.29 is 8.42 Å². The maximum Gasteiger partial charge on any atom is 0.222 e. The zero-order valence-corrected chi connectivity index (χ0v) is 14.0. The van der Waals surface area contributed by atoms with Crippen LogP contribution < -0.4 is 10.5 Å². The van der Waals surface area contributed by atoms with E-state index in [1.807, 2.05) is 0 Å². The molecular formula is C12H11ClN6O2S2. The number of rotatable bonds is 5. The lowest BCUT2D eigenvalue weighted by Gasteiger charge is -2.10. The van der Waals surface area contributed by atoms with Crippen molar-refractivity contribution in [2.45, 2.75) is 10.6 Å². The molecule has 0 radical (unpaired) electrons. The largest absolute Gasteiger partial charge is 0.384 e. The fourth-order valence-corrected chi connectivity index (χ4v) is 3.81. The predicted molar refractivity (Wildman–Crippen MR) is 91.0 cm³/mol. The third-order valence-corrected chi connectivity index (χ3v) is 4.82. The van der Waals surface area contributed by atoms with E-state index in [9.17, 15) is 8.42 Å². The van der Waals surface area contributed by atoms with Gasteiger partial charge in [0.1, 0.15) is 11.3 Å². The SMILES string of the molecule is Nc1cc(SCc2c(Cl)cccc2N[SH](=O)=O)c2nn[nH]c2n1. The maximum absolute atomic E-state index is 10.9. The number of fused-ring (bicyclic) bond motifs is 1. The number of nitrogens with zero attached hydrogens (tertiary/aromatic N) is 3. The van der Waals surface area contributed by atoms with Crippen LogP contribution in [-0.2, 0) is 16.6 Å². The molecule has 2 heterocycles. The number of hydrogen-bond donors (Lipinski definition) is 4. The van der Waals surface area contributed by atoms with Crippen LogP contribution in [0.25, 0.3) is 11.2 Å². The number of H-pyrrole nitrogens is 1. The van der Waals surface area contributed by atoms with Gasteiger partial charge in [-0.1, -0.05) is 22.9 Å². The molecule has 0 fully saturated rings. The Hall–Kier alpha value is -2.04. The minimum atomic E-state index is -2.77. The number of pyridine rings is 1. The zero-order valence-electron chi connectivity index (χ0n) is 11.5. The van der Waals surface area contributed by atoms with Gasteiger partial charge in [0.05, 0.1) is 5.69 Å². The van der Waals surface area contributed by atoms with Crippen LogP contribution in [0.2, 0.25) is 5.02 Å². The topological polar surface area (TPSA) is 127 Å². The van der Waals surface area contributed by atoms with Crippen molar-refractivity contribution in [1.82, 2.24) is 20.4 Å². The monoisotopic (exact) mass is 370 g/mol. The van der Waals surface area contributed by atoms with E-state index in [2.05, 4.69) is 25.1 Å². The molecule has 0 aliphatic rings. The molecule has 0 bridgehead atoms. The Balaban J connectivity index is 1.92. The molecule has 3 aromatic rings. The number of anilines is 2. The molecule has 3 rings (SSSR count). The van der Waals surface area contributed by atoms with E-state index in [1.165, 1.54) is 11.8 Å². The van der Waals surface area contributed by atoms with Gasteiger partial charge >= 0.3 is 0 Å². The van der Waals surface area contributed by atoms with E-state index >= 15 is 0 Å². The highest BCUT2D eigenvalue weighted by molar-refractivity contribution is 7.98. The van der Waals surface area contributed by atoms with Crippen LogP contribution in [0, 0.1) is 0 Å². The highest BCUT2D eigenvalue weighted by atomic mass is 35.5. The first kappa shape index (κ1) is 15.8. The van der Waals surface area contributed by atoms with E-state index < -0.39 is 10.9 Å². The lowest BCUT2D eigenvalue weighted by atomic mass is 10.2. The summed E-state index contributed by atoms with van der Waals surface area (Å²) in [5.74, 6) is 0.766. The Morgan fingerprint density at radius 1 is 1.39 bits per heavy atom. The van der Waals surface area contributed by atoms with E-state index in [0.717, 1.165) is 4.90 Å². The average Bonchev–Trinajstić information content (AvgIpc) is 2.94. The van der Waals surface area contributed by atoms with Gasteiger partial charge in [0.2, 0.25) is 10.9 Å². The molecule has 0 spiro atoms. The van der Waals surface area contributed by atoms with Crippen molar-refractivity contribution in [3.8, 4) is 0 Å². The number of nitrogen functional groups attached to an aromatic ring is 1. The number of benzene rings is 1. The van der Waals surface area contributed by atoms with Gasteiger partial charge < -0.3 is 5.73 Å². The van der Waals surface area contributed by atoms with Gasteiger partial charge in [0.25, 0.3) is 0 Å². The van der Waals surface area contributed by atoms with Crippen LogP contribution in [0.5, 0.6) is 0 Å². The normalized spacial score (nSPS) is 11.2. The lowest BCUT2D eigenvalue weighted by molar-refractivity contribution is 0.619. The van der Waals surface area contributed by atoms with Crippen molar-refractivity contribution in [1.29, 1.82) is 0 Å². The van der Waals surface area contributed by atoms with Gasteiger partial charge in [-0.3, -0.25) is 4.72 Å². The molecule has 0 atom stereocenters. The minimum absolute atomic E-state index is 0.339. The lowest BCUT2D eigenvalue weighted by Crippen LogP contribution is -1.99. The molecule has 0 amide bonds. The summed E-state index contributed by atoms with van der Waals surface area (Å²) < 4.78 is 24.2. The van der Waals surface area contributed by atoms with Gasteiger partial charge in [0.15, 0.2) is 5.65 Å². The number of thiol groups is 1. The van der Waals surface area contributed by atoms with E-state index in [0.29, 0.717) is 39.0 Å². The van der Waals surface area contributed by atoms with E-state index in [4.69, 9.17) is 17.3 Å². The number of halogens is 1. The summed E-state index contributed by atoms with van der Waals surface area (Å²) >= 11 is 7.60. The molecule has 0 aliphatic carbocycles. The summed E-state index contributed by atoms with van der Waals surface area (Å²) in [6.07, 6.45) is 0. The molecule has 23 heavy (non-hydrogen) atoms. The quantitative estimate of drug-likeness (QED) is 0.398. The van der Waals surface area contributed by atoms with Crippen molar-refractivity contribution in [2.75, 3.05) is 10.5 Å². The van der Waals surface area contributed by atoms with Crippen LogP contribution in [-0.4, -0.2) is 28.8 Å². The Labute approximate surface area is 141 Å². The number of hydrogen-bond acceptors (Lipinski definition) is 7. The van der Waals surface area contributed by atoms with Gasteiger partial charge in [-0.2, -0.15) is 0 Å². The van der Waals surface area contributed by atoms with Gasteiger partial charge in [-0.25, -0.2) is 18.5 Å². The summed E-state index contributed by atoms with van der Waals surface area (Å²) in [4.78, 5) is 4.87. The fraction of sp³-hybridized carbons (Fsp3) is 0.0833. The van der Waals surface area contributed by atoms with Gasteiger partial charge in [-0.05, 0) is 18.2 Å². The highest BCUT2D eigenvalue weighted by Crippen LogP contribution is 2.34. The van der Waals surface area contributed by atoms with E-state index in [1.54, 1.807) is 24.3 Å². The molecule has 0 saturated heterocycles. The molecule has 11 heteroatoms. The molecular weight excluding hydrogens is 360 g/mol. The smallest absolute Gasteiger partial charge is 0.222 e. The minimum Gasteiger partial charge on any atom is -0.384 e. The van der Waals surface area contributed by atoms with Crippen LogP contribution >= 0.6 is 23.4 Å². The number of thioether (sulfide) groups is 1. The second-order valence-corrected chi connectivity index (χ2v) is 6.64. The molecule has 0 saturated carbocycles. The molecule has 120 valence electrons. The summed E-state index contributed by atoms with van der Waals surface area (Å²) in [5, 5.41) is 10.8. The van der Waals surface area contributed by atoms with Crippen LogP contribution in [0.15, 0.2) is 29.2 Å². The maximum atomic E-state index is 10.9. The number of aromatic nitrogens is 4. The number of nitrogens with two attached hydrogens (primary N) is 1. The highest BCUT2D eigenvalue weighted by Gasteiger charge is 2.12. The summed E-state index contributed by atoms with van der Waals surface area (Å²) in [5.41, 5.74) is 7.97. The first-order chi connectivity index (χ1) is 11.0. The number of nitrogens with one attached hydrogen (secondary N) is 2. The third kappa shape index (κ3) is 3.49. The first-order valence-corrected chi connectivity index (χ1v) is 8.87. The average molecular weight is 371 g/mol. The van der Waals surface area contributed by atoms with Crippen molar-refractivity contribution >= 4 is 56.9 Å². The first-order valence-electron chi connectivity index (χ1n) is 6.33. The van der Waals surface area contributed by atoms with Crippen molar-refractivity contribution in [3.63, 3.8) is 0 Å². The summed E-state index contributed by atoms with van der Waals surface area (Å²) in [6.45, 7) is 0. The Bertz CT molecular complexity index is 934. The Morgan fingerprint density at radius 3 is 3.00 bits per heavy atom. The van der Waals surface area contributed by atoms with Gasteiger partial charge in [0, 0.05) is 21.2 Å². The van der Waals surface area contributed by atoms with Crippen LogP contribution in [0.1, 0.15) is 5.56 Å². The second kappa shape index (κ2) is 6.60. The summed E-state index contributed by atoms with van der Waals surface area (Å²) in [6, 6.07) is 6.72. The number of aromatic amines is 1. The van der Waals surface area contributed by atoms with Gasteiger partial charge in [-0.15, -0.1) is 16.9 Å². The van der Waals surface area contributed by atoms with Crippen molar-refractivity contribution in [2.24, 2.45) is 0 Å². The molecule has 4 N–H and O–H groups in total. The third-order valence-electron chi connectivity index (χ3n) is 2.99. The van der Waals surface area contributed by atoms with E-state index in [-0.39, 0.29) is 0 Å². The Kier molecular flexibility index (Phi) is 4.55. The molecule has 0 aliphatic heterocycles. The summed E-state index contributed by atoms with van der Waals surface area (Å²) in [7, 11) is -2.77. The standard InChI is InChI=1S/C12H11ClN6O2S2/c13-7-2-1-3-8(18-23(20)21)6(7)5-22-9-4-10(14)15-12-11(9)16-19-17-12/h1-4,23H,5H2,(H,18,20,21)(H3,14,15,16,17,19). The van der Waals surface area contributed by atoms with Crippen LogP contribution in [0.4, 0.5) is 11.5 Å². The molecule has 8 nitrogen and oxygen atoms in total. The Morgan fingerprint density at radius 2 is 2.22 bits per heavy atom. The van der Waals surface area contributed by atoms with Crippen LogP contribution in [0.3, 0.4) is 0 Å².